The molecule has 1 unspecified atom stereocenters. The molecule has 0 saturated heterocycles. The van der Waals surface area contributed by atoms with E-state index in [2.05, 4.69) is 10.1 Å². The molecule has 1 atom stereocenters. The fraction of sp³-hybridized carbons (Fsp3) is 0.385. The van der Waals surface area contributed by atoms with Gasteiger partial charge in [0.25, 0.3) is 6.43 Å². The summed E-state index contributed by atoms with van der Waals surface area (Å²) < 4.78 is 26.5. The van der Waals surface area contributed by atoms with E-state index in [4.69, 9.17) is 0 Å². The summed E-state index contributed by atoms with van der Waals surface area (Å²) in [6, 6.07) is 5.68. The molecular weight excluding hydrogens is 252 g/mol. The van der Waals surface area contributed by atoms with Gasteiger partial charge in [-0.05, 0) is 12.5 Å². The van der Waals surface area contributed by atoms with Crippen molar-refractivity contribution in [2.24, 2.45) is 0 Å². The summed E-state index contributed by atoms with van der Waals surface area (Å²) in [6.07, 6.45) is -1.52. The van der Waals surface area contributed by atoms with Crippen molar-refractivity contribution in [3.63, 3.8) is 0 Å². The lowest BCUT2D eigenvalue weighted by atomic mass is 10.0. The number of aromatic nitrogens is 3. The van der Waals surface area contributed by atoms with Crippen LogP contribution in [0.15, 0.2) is 30.6 Å². The van der Waals surface area contributed by atoms with Gasteiger partial charge in [-0.15, -0.1) is 0 Å². The van der Waals surface area contributed by atoms with E-state index in [9.17, 15) is 13.9 Å². The Hall–Kier alpha value is -1.82. The van der Waals surface area contributed by atoms with Gasteiger partial charge in [0, 0.05) is 18.5 Å². The molecular formula is C13H15F2N3O. The number of hydrogen-bond acceptors (Lipinski definition) is 3. The van der Waals surface area contributed by atoms with Gasteiger partial charge in [-0.2, -0.15) is 5.10 Å². The van der Waals surface area contributed by atoms with E-state index in [1.165, 1.54) is 30.6 Å². The number of aryl methyl sites for hydroxylation is 1. The topological polar surface area (TPSA) is 50.9 Å². The first-order valence-corrected chi connectivity index (χ1v) is 6.04. The fourth-order valence-electron chi connectivity index (χ4n) is 1.86. The van der Waals surface area contributed by atoms with Crippen LogP contribution in [-0.2, 0) is 13.0 Å². The van der Waals surface area contributed by atoms with Gasteiger partial charge >= 0.3 is 0 Å². The Kier molecular flexibility index (Phi) is 4.21. The Balaban J connectivity index is 2.09. The van der Waals surface area contributed by atoms with E-state index in [1.54, 1.807) is 4.68 Å². The van der Waals surface area contributed by atoms with Crippen LogP contribution in [0, 0.1) is 0 Å². The highest BCUT2D eigenvalue weighted by molar-refractivity contribution is 5.25. The van der Waals surface area contributed by atoms with Crippen LogP contribution in [0.2, 0.25) is 0 Å². The van der Waals surface area contributed by atoms with Crippen molar-refractivity contribution in [1.29, 1.82) is 0 Å². The van der Waals surface area contributed by atoms with E-state index in [-0.39, 0.29) is 5.56 Å². The zero-order valence-corrected chi connectivity index (χ0v) is 10.5. The van der Waals surface area contributed by atoms with E-state index in [0.29, 0.717) is 24.4 Å². The smallest absolute Gasteiger partial charge is 0.263 e. The Labute approximate surface area is 109 Å². The number of halogens is 2. The summed E-state index contributed by atoms with van der Waals surface area (Å²) in [6.45, 7) is 2.61. The molecule has 6 heteroatoms. The van der Waals surface area contributed by atoms with Gasteiger partial charge in [0.05, 0.1) is 6.10 Å². The first-order valence-electron chi connectivity index (χ1n) is 6.04. The quantitative estimate of drug-likeness (QED) is 0.905. The molecule has 0 aliphatic rings. The molecule has 1 N–H and O–H groups in total. The monoisotopic (exact) mass is 267 g/mol. The minimum absolute atomic E-state index is 0.0484. The van der Waals surface area contributed by atoms with Gasteiger partial charge in [0.15, 0.2) is 0 Å². The molecule has 0 spiro atoms. The highest BCUT2D eigenvalue weighted by atomic mass is 19.3. The second kappa shape index (κ2) is 5.88. The third kappa shape index (κ3) is 3.14. The van der Waals surface area contributed by atoms with Crippen molar-refractivity contribution >= 4 is 0 Å². The third-order valence-electron chi connectivity index (χ3n) is 2.94. The normalized spacial score (nSPS) is 12.9. The van der Waals surface area contributed by atoms with Gasteiger partial charge in [-0.3, -0.25) is 4.68 Å². The molecule has 102 valence electrons. The van der Waals surface area contributed by atoms with Crippen molar-refractivity contribution in [2.45, 2.75) is 32.4 Å². The molecule has 1 aromatic heterocycles. The number of alkyl halides is 2. The number of aliphatic hydroxyl groups excluding tert-OH is 1. The van der Waals surface area contributed by atoms with Gasteiger partial charge in [0.2, 0.25) is 0 Å². The first-order chi connectivity index (χ1) is 9.11. The minimum atomic E-state index is -2.49. The van der Waals surface area contributed by atoms with Crippen LogP contribution in [0.25, 0.3) is 0 Å². The van der Waals surface area contributed by atoms with E-state index >= 15 is 0 Å². The summed E-state index contributed by atoms with van der Waals surface area (Å²) in [5, 5.41) is 14.1. The maximum absolute atomic E-state index is 12.4. The molecule has 1 aromatic carbocycles. The molecule has 19 heavy (non-hydrogen) atoms. The van der Waals surface area contributed by atoms with Crippen molar-refractivity contribution in [3.05, 3.63) is 47.5 Å². The van der Waals surface area contributed by atoms with Crippen LogP contribution in [-0.4, -0.2) is 19.9 Å². The molecule has 1 heterocycles. The van der Waals surface area contributed by atoms with Crippen LogP contribution in [0.4, 0.5) is 8.78 Å². The van der Waals surface area contributed by atoms with E-state index in [0.717, 1.165) is 0 Å². The van der Waals surface area contributed by atoms with Crippen molar-refractivity contribution in [1.82, 2.24) is 14.8 Å². The largest absolute Gasteiger partial charge is 0.388 e. The SMILES string of the molecule is CCn1ncnc1CC(O)c1ccc(C(F)F)cc1. The highest BCUT2D eigenvalue weighted by Gasteiger charge is 2.14. The van der Waals surface area contributed by atoms with E-state index in [1.807, 2.05) is 6.92 Å². The lowest BCUT2D eigenvalue weighted by Gasteiger charge is -2.11. The lowest BCUT2D eigenvalue weighted by Crippen LogP contribution is -2.09. The van der Waals surface area contributed by atoms with Crippen molar-refractivity contribution in [2.75, 3.05) is 0 Å². The Bertz CT molecular complexity index is 525. The van der Waals surface area contributed by atoms with Crippen LogP contribution in [0.5, 0.6) is 0 Å². The van der Waals surface area contributed by atoms with Crippen LogP contribution in [0.1, 0.15) is 36.4 Å². The zero-order valence-electron chi connectivity index (χ0n) is 10.5. The molecule has 0 bridgehead atoms. The van der Waals surface area contributed by atoms with Crippen LogP contribution < -0.4 is 0 Å². The van der Waals surface area contributed by atoms with Gasteiger partial charge < -0.3 is 5.11 Å². The maximum atomic E-state index is 12.4. The predicted octanol–water partition coefficient (Wildman–Crippen LogP) is 2.51. The standard InChI is InChI=1S/C13H15F2N3O/c1-2-18-12(16-8-17-18)7-11(19)9-3-5-10(6-4-9)13(14)15/h3-6,8,11,13,19H,2,7H2,1H3. The second-order valence-electron chi connectivity index (χ2n) is 4.18. The molecule has 0 radical (unpaired) electrons. The summed E-state index contributed by atoms with van der Waals surface area (Å²) in [7, 11) is 0. The predicted molar refractivity (Wildman–Crippen MR) is 65.8 cm³/mol. The zero-order chi connectivity index (χ0) is 13.8. The molecule has 4 nitrogen and oxygen atoms in total. The third-order valence-corrected chi connectivity index (χ3v) is 2.94. The maximum Gasteiger partial charge on any atom is 0.263 e. The van der Waals surface area contributed by atoms with Crippen LogP contribution in [0.3, 0.4) is 0 Å². The molecule has 0 saturated carbocycles. The first kappa shape index (κ1) is 13.6. The number of rotatable bonds is 5. The molecule has 0 fully saturated rings. The van der Waals surface area contributed by atoms with Crippen molar-refractivity contribution in [3.8, 4) is 0 Å². The Morgan fingerprint density at radius 2 is 1.84 bits per heavy atom. The molecule has 2 rings (SSSR count). The summed E-state index contributed by atoms with van der Waals surface area (Å²) in [5.41, 5.74) is 0.544. The number of aliphatic hydroxyl groups is 1. The summed E-state index contributed by atoms with van der Waals surface area (Å²) in [5.74, 6) is 0.674. The molecule has 2 aromatic rings. The summed E-state index contributed by atoms with van der Waals surface area (Å²) >= 11 is 0. The average Bonchev–Trinajstić information content (AvgIpc) is 2.86. The van der Waals surface area contributed by atoms with Crippen LogP contribution >= 0.6 is 0 Å². The number of nitrogens with zero attached hydrogens (tertiary/aromatic N) is 3. The summed E-state index contributed by atoms with van der Waals surface area (Å²) in [4.78, 5) is 4.07. The second-order valence-corrected chi connectivity index (χ2v) is 4.18. The number of benzene rings is 1. The van der Waals surface area contributed by atoms with Gasteiger partial charge in [0.1, 0.15) is 12.2 Å². The highest BCUT2D eigenvalue weighted by Crippen LogP contribution is 2.22. The van der Waals surface area contributed by atoms with Gasteiger partial charge in [-0.1, -0.05) is 24.3 Å². The minimum Gasteiger partial charge on any atom is -0.388 e. The Morgan fingerprint density at radius 1 is 1.21 bits per heavy atom. The molecule has 0 amide bonds. The number of hydrogen-bond donors (Lipinski definition) is 1. The molecule has 0 aliphatic heterocycles. The lowest BCUT2D eigenvalue weighted by molar-refractivity contribution is 0.150. The van der Waals surface area contributed by atoms with Gasteiger partial charge in [-0.25, -0.2) is 13.8 Å². The molecule has 0 aliphatic carbocycles. The Morgan fingerprint density at radius 3 is 2.42 bits per heavy atom. The van der Waals surface area contributed by atoms with E-state index < -0.39 is 12.5 Å². The average molecular weight is 267 g/mol. The fourth-order valence-corrected chi connectivity index (χ4v) is 1.86. The van der Waals surface area contributed by atoms with Crippen molar-refractivity contribution < 1.29 is 13.9 Å².